The Labute approximate surface area is 134 Å². The maximum Gasteiger partial charge on any atom is 0.258 e. The molecule has 0 aromatic rings. The van der Waals surface area contributed by atoms with Gasteiger partial charge in [0.05, 0.1) is 5.76 Å². The average molecular weight is 311 g/mol. The Balaban J connectivity index is 2.90. The van der Waals surface area contributed by atoms with E-state index in [-0.39, 0.29) is 0 Å². The van der Waals surface area contributed by atoms with E-state index in [4.69, 9.17) is 4.43 Å². The quantitative estimate of drug-likeness (QED) is 0.501. The fourth-order valence-electron chi connectivity index (χ4n) is 4.27. The summed E-state index contributed by atoms with van der Waals surface area (Å²) in [5.74, 6) is 2.11. The Morgan fingerprint density at radius 1 is 1.00 bits per heavy atom. The Kier molecular flexibility index (Phi) is 6.17. The SMILES string of the molecule is CC(C)[Si](OC1=CCC(C(C)(C)C)CC1)(C(C)C)C(C)C. The van der Waals surface area contributed by atoms with Crippen LogP contribution in [-0.2, 0) is 4.43 Å². The molecule has 1 atom stereocenters. The molecule has 0 N–H and O–H groups in total. The third kappa shape index (κ3) is 4.15. The van der Waals surface area contributed by atoms with E-state index < -0.39 is 8.32 Å². The molecule has 0 fully saturated rings. The molecule has 0 bridgehead atoms. The summed E-state index contributed by atoms with van der Waals surface area (Å²) in [6.45, 7) is 21.3. The minimum Gasteiger partial charge on any atom is -0.546 e. The lowest BCUT2D eigenvalue weighted by molar-refractivity contribution is 0.203. The lowest BCUT2D eigenvalue weighted by Gasteiger charge is -2.44. The third-order valence-electron chi connectivity index (χ3n) is 5.61. The molecule has 1 rings (SSSR count). The van der Waals surface area contributed by atoms with Crippen LogP contribution in [0.25, 0.3) is 0 Å². The zero-order valence-corrected chi connectivity index (χ0v) is 16.9. The molecule has 1 nitrogen and oxygen atoms in total. The van der Waals surface area contributed by atoms with Crippen molar-refractivity contribution in [2.45, 2.75) is 98.2 Å². The molecule has 2 heteroatoms. The van der Waals surface area contributed by atoms with E-state index in [2.05, 4.69) is 68.4 Å². The van der Waals surface area contributed by atoms with Crippen molar-refractivity contribution in [3.63, 3.8) is 0 Å². The summed E-state index contributed by atoms with van der Waals surface area (Å²) in [5, 5.41) is 0. The normalized spacial score (nSPS) is 21.1. The van der Waals surface area contributed by atoms with E-state index in [0.717, 1.165) is 12.3 Å². The lowest BCUT2D eigenvalue weighted by Crippen LogP contribution is -2.47. The van der Waals surface area contributed by atoms with Crippen LogP contribution in [0.5, 0.6) is 0 Å². The van der Waals surface area contributed by atoms with E-state index in [1.807, 2.05) is 0 Å². The molecule has 0 radical (unpaired) electrons. The highest BCUT2D eigenvalue weighted by Gasteiger charge is 2.47. The standard InChI is InChI=1S/C19H38OSi/c1-14(2)21(15(3)4,16(5)6)20-18-12-10-17(11-13-18)19(7,8)9/h12,14-17H,10-11,13H2,1-9H3. The van der Waals surface area contributed by atoms with E-state index in [9.17, 15) is 0 Å². The molecule has 0 amide bonds. The number of allylic oxidation sites excluding steroid dienone is 2. The van der Waals surface area contributed by atoms with E-state index >= 15 is 0 Å². The van der Waals surface area contributed by atoms with Gasteiger partial charge in [0.2, 0.25) is 0 Å². The van der Waals surface area contributed by atoms with Gasteiger partial charge in [0, 0.05) is 6.42 Å². The monoisotopic (exact) mass is 310 g/mol. The summed E-state index contributed by atoms with van der Waals surface area (Å²) in [5.41, 5.74) is 2.42. The van der Waals surface area contributed by atoms with Crippen LogP contribution in [0.3, 0.4) is 0 Å². The molecule has 21 heavy (non-hydrogen) atoms. The Morgan fingerprint density at radius 2 is 1.48 bits per heavy atom. The summed E-state index contributed by atoms with van der Waals surface area (Å²) < 4.78 is 6.82. The number of rotatable bonds is 5. The second-order valence-corrected chi connectivity index (χ2v) is 14.3. The first-order valence-electron chi connectivity index (χ1n) is 8.89. The van der Waals surface area contributed by atoms with Crippen LogP contribution in [-0.4, -0.2) is 8.32 Å². The molecule has 0 aromatic carbocycles. The summed E-state index contributed by atoms with van der Waals surface area (Å²) in [6.07, 6.45) is 6.03. The lowest BCUT2D eigenvalue weighted by atomic mass is 9.74. The fraction of sp³-hybridized carbons (Fsp3) is 0.895. The van der Waals surface area contributed by atoms with Crippen molar-refractivity contribution < 1.29 is 4.43 Å². The predicted octanol–water partition coefficient (Wildman–Crippen LogP) is 6.91. The number of hydrogen-bond donors (Lipinski definition) is 0. The van der Waals surface area contributed by atoms with Crippen LogP contribution in [0.15, 0.2) is 11.8 Å². The molecule has 124 valence electrons. The third-order valence-corrected chi connectivity index (χ3v) is 11.6. The molecule has 0 saturated carbocycles. The van der Waals surface area contributed by atoms with Crippen LogP contribution in [0.2, 0.25) is 16.6 Å². The second kappa shape index (κ2) is 6.89. The molecule has 1 unspecified atom stereocenters. The van der Waals surface area contributed by atoms with Crippen molar-refractivity contribution in [2.75, 3.05) is 0 Å². The van der Waals surface area contributed by atoms with Crippen LogP contribution in [0.4, 0.5) is 0 Å². The first-order valence-corrected chi connectivity index (χ1v) is 11.0. The van der Waals surface area contributed by atoms with Crippen molar-refractivity contribution in [3.05, 3.63) is 11.8 Å². The van der Waals surface area contributed by atoms with Gasteiger partial charge in [-0.2, -0.15) is 0 Å². The topological polar surface area (TPSA) is 9.23 Å². The van der Waals surface area contributed by atoms with Crippen molar-refractivity contribution in [2.24, 2.45) is 11.3 Å². The highest BCUT2D eigenvalue weighted by atomic mass is 28.4. The summed E-state index contributed by atoms with van der Waals surface area (Å²) in [7, 11) is -1.75. The van der Waals surface area contributed by atoms with Crippen LogP contribution in [0, 0.1) is 11.3 Å². The zero-order chi connectivity index (χ0) is 16.4. The van der Waals surface area contributed by atoms with Gasteiger partial charge in [0.15, 0.2) is 0 Å². The van der Waals surface area contributed by atoms with Crippen LogP contribution in [0.1, 0.15) is 81.6 Å². The second-order valence-electron chi connectivity index (χ2n) is 8.93. The van der Waals surface area contributed by atoms with Gasteiger partial charge >= 0.3 is 0 Å². The fourth-order valence-corrected chi connectivity index (χ4v) is 9.62. The number of hydrogen-bond acceptors (Lipinski definition) is 1. The molecule has 1 aliphatic rings. The molecule has 0 aromatic heterocycles. The van der Waals surface area contributed by atoms with Gasteiger partial charge in [-0.25, -0.2) is 0 Å². The van der Waals surface area contributed by atoms with Gasteiger partial charge in [0.1, 0.15) is 0 Å². The van der Waals surface area contributed by atoms with Crippen molar-refractivity contribution in [3.8, 4) is 0 Å². The molecule has 0 spiro atoms. The summed E-state index contributed by atoms with van der Waals surface area (Å²) in [6, 6.07) is 0. The van der Waals surface area contributed by atoms with E-state index in [1.165, 1.54) is 18.6 Å². The van der Waals surface area contributed by atoms with Gasteiger partial charge in [0.25, 0.3) is 8.32 Å². The van der Waals surface area contributed by atoms with Crippen LogP contribution >= 0.6 is 0 Å². The van der Waals surface area contributed by atoms with Gasteiger partial charge in [-0.15, -0.1) is 0 Å². The smallest absolute Gasteiger partial charge is 0.258 e. The molecule has 0 aliphatic heterocycles. The summed E-state index contributed by atoms with van der Waals surface area (Å²) in [4.78, 5) is 0. The molecule has 1 aliphatic carbocycles. The van der Waals surface area contributed by atoms with Gasteiger partial charge in [-0.3, -0.25) is 0 Å². The Morgan fingerprint density at radius 3 is 1.76 bits per heavy atom. The van der Waals surface area contributed by atoms with Gasteiger partial charge in [-0.1, -0.05) is 62.3 Å². The molecule has 0 saturated heterocycles. The van der Waals surface area contributed by atoms with Gasteiger partial charge < -0.3 is 4.43 Å². The maximum atomic E-state index is 6.82. The maximum absolute atomic E-state index is 6.82. The van der Waals surface area contributed by atoms with Crippen molar-refractivity contribution >= 4 is 8.32 Å². The van der Waals surface area contributed by atoms with E-state index in [0.29, 0.717) is 22.0 Å². The predicted molar refractivity (Wildman–Crippen MR) is 97.0 cm³/mol. The Bertz CT molecular complexity index is 338. The molecule has 0 heterocycles. The molecular weight excluding hydrogens is 272 g/mol. The van der Waals surface area contributed by atoms with E-state index in [1.54, 1.807) is 0 Å². The highest BCUT2D eigenvalue weighted by molar-refractivity contribution is 6.77. The largest absolute Gasteiger partial charge is 0.546 e. The summed E-state index contributed by atoms with van der Waals surface area (Å²) >= 11 is 0. The van der Waals surface area contributed by atoms with Gasteiger partial charge in [-0.05, 0) is 46.9 Å². The first-order chi connectivity index (χ1) is 9.51. The van der Waals surface area contributed by atoms with Crippen LogP contribution < -0.4 is 0 Å². The zero-order valence-electron chi connectivity index (χ0n) is 15.9. The minimum absolute atomic E-state index is 0.421. The minimum atomic E-state index is -1.75. The molecular formula is C19H38OSi. The highest BCUT2D eigenvalue weighted by Crippen LogP contribution is 2.45. The van der Waals surface area contributed by atoms with Crippen molar-refractivity contribution in [1.29, 1.82) is 0 Å². The first kappa shape index (κ1) is 18.8. The van der Waals surface area contributed by atoms with Crippen molar-refractivity contribution in [1.82, 2.24) is 0 Å². The Hall–Kier alpha value is -0.243. The average Bonchev–Trinajstić information content (AvgIpc) is 2.34.